The summed E-state index contributed by atoms with van der Waals surface area (Å²) in [5, 5.41) is 6.91. The van der Waals surface area contributed by atoms with Crippen LogP contribution in [0.5, 0.6) is 0 Å². The van der Waals surface area contributed by atoms with Gasteiger partial charge in [-0.15, -0.1) is 10.2 Å². The third-order valence-electron chi connectivity index (χ3n) is 1.63. The van der Waals surface area contributed by atoms with Crippen molar-refractivity contribution in [2.75, 3.05) is 0 Å². The summed E-state index contributed by atoms with van der Waals surface area (Å²) >= 11 is 2.88. The largest absolute Gasteiger partial charge is 0.411 e. The molecule has 15 heavy (non-hydrogen) atoms. The molecular weight excluding hydrogens is 277 g/mol. The van der Waals surface area contributed by atoms with Crippen molar-refractivity contribution in [1.29, 1.82) is 0 Å². The first-order chi connectivity index (χ1) is 7.08. The van der Waals surface area contributed by atoms with Gasteiger partial charge in [0.05, 0.1) is 0 Å². The highest BCUT2D eigenvalue weighted by molar-refractivity contribution is 9.10. The second-order valence-corrected chi connectivity index (χ2v) is 3.29. The Balaban J connectivity index is 2.55. The van der Waals surface area contributed by atoms with Crippen molar-refractivity contribution in [1.82, 2.24) is 10.2 Å². The lowest BCUT2D eigenvalue weighted by Crippen LogP contribution is -1.91. The second kappa shape index (κ2) is 3.65. The van der Waals surface area contributed by atoms with E-state index in [-0.39, 0.29) is 16.3 Å². The van der Waals surface area contributed by atoms with Crippen molar-refractivity contribution in [3.8, 4) is 11.5 Å². The van der Waals surface area contributed by atoms with E-state index in [9.17, 15) is 13.2 Å². The van der Waals surface area contributed by atoms with Crippen molar-refractivity contribution >= 4 is 15.9 Å². The highest BCUT2D eigenvalue weighted by Crippen LogP contribution is 2.23. The molecule has 0 aliphatic rings. The van der Waals surface area contributed by atoms with Gasteiger partial charge in [0.25, 0.3) is 4.80 Å². The van der Waals surface area contributed by atoms with E-state index in [2.05, 4.69) is 26.1 Å². The number of benzene rings is 1. The first kappa shape index (κ1) is 10.2. The average molecular weight is 279 g/mol. The molecule has 1 aromatic heterocycles. The van der Waals surface area contributed by atoms with Crippen molar-refractivity contribution < 1.29 is 17.6 Å². The fourth-order valence-electron chi connectivity index (χ4n) is 1.00. The first-order valence-corrected chi connectivity index (χ1v) is 4.51. The zero-order valence-corrected chi connectivity index (χ0v) is 8.56. The molecule has 0 fully saturated rings. The zero-order valence-electron chi connectivity index (χ0n) is 6.97. The molecule has 2 aromatic rings. The summed E-state index contributed by atoms with van der Waals surface area (Å²) in [6.45, 7) is 0. The summed E-state index contributed by atoms with van der Waals surface area (Å²) < 4.78 is 43.1. The maximum Gasteiger partial charge on any atom is 0.285 e. The molecule has 0 unspecified atom stereocenters. The minimum absolute atomic E-state index is 0.0235. The van der Waals surface area contributed by atoms with Crippen molar-refractivity contribution in [2.45, 2.75) is 0 Å². The van der Waals surface area contributed by atoms with Crippen LogP contribution in [0.4, 0.5) is 13.2 Å². The third kappa shape index (κ3) is 1.87. The van der Waals surface area contributed by atoms with E-state index in [4.69, 9.17) is 4.42 Å². The number of hydrogen-bond donors (Lipinski definition) is 0. The summed E-state index contributed by atoms with van der Waals surface area (Å²) in [4.78, 5) is 0.0719. The smallest absolute Gasteiger partial charge is 0.285 e. The van der Waals surface area contributed by atoms with Gasteiger partial charge in [-0.05, 0) is 12.1 Å². The van der Waals surface area contributed by atoms with Gasteiger partial charge in [0.1, 0.15) is 0 Å². The molecule has 0 spiro atoms. The molecule has 2 rings (SSSR count). The quantitative estimate of drug-likeness (QED) is 0.753. The van der Waals surface area contributed by atoms with Gasteiger partial charge in [-0.1, -0.05) is 0 Å². The van der Waals surface area contributed by atoms with E-state index in [0.29, 0.717) is 0 Å². The number of hydrogen-bond acceptors (Lipinski definition) is 3. The fraction of sp³-hybridized carbons (Fsp3) is 0. The van der Waals surface area contributed by atoms with Gasteiger partial charge in [0.15, 0.2) is 17.5 Å². The van der Waals surface area contributed by atoms with Crippen LogP contribution in [0.1, 0.15) is 0 Å². The van der Waals surface area contributed by atoms with E-state index < -0.39 is 17.5 Å². The van der Waals surface area contributed by atoms with Crippen molar-refractivity contribution in [3.05, 3.63) is 34.4 Å². The van der Waals surface area contributed by atoms with Gasteiger partial charge >= 0.3 is 0 Å². The van der Waals surface area contributed by atoms with E-state index in [1.54, 1.807) is 0 Å². The Bertz CT molecular complexity index is 491. The zero-order chi connectivity index (χ0) is 11.0. The molecule has 0 amide bonds. The Labute approximate surface area is 90.1 Å². The molecule has 0 bridgehead atoms. The van der Waals surface area contributed by atoms with Crippen LogP contribution in [0.15, 0.2) is 21.3 Å². The summed E-state index contributed by atoms with van der Waals surface area (Å²) in [5.41, 5.74) is -0.0235. The standard InChI is InChI=1S/C8H2BrF3N2O/c9-8-14-13-7(15-8)3-1-4(10)6(12)5(11)2-3/h1-2H. The highest BCUT2D eigenvalue weighted by atomic mass is 79.9. The van der Waals surface area contributed by atoms with Crippen LogP contribution >= 0.6 is 15.9 Å². The molecule has 0 N–H and O–H groups in total. The Morgan fingerprint density at radius 2 is 1.67 bits per heavy atom. The van der Waals surface area contributed by atoms with Crippen LogP contribution < -0.4 is 0 Å². The van der Waals surface area contributed by atoms with E-state index in [0.717, 1.165) is 12.1 Å². The Morgan fingerprint density at radius 1 is 1.07 bits per heavy atom. The molecule has 0 atom stereocenters. The number of nitrogens with zero attached hydrogens (tertiary/aromatic N) is 2. The predicted molar refractivity (Wildman–Crippen MR) is 47.3 cm³/mol. The number of aromatic nitrogens is 2. The lowest BCUT2D eigenvalue weighted by Gasteiger charge is -1.97. The van der Waals surface area contributed by atoms with Crippen LogP contribution in [0.25, 0.3) is 11.5 Å². The molecule has 0 saturated heterocycles. The third-order valence-corrected chi connectivity index (χ3v) is 1.95. The average Bonchev–Trinajstić information content (AvgIpc) is 2.60. The van der Waals surface area contributed by atoms with Crippen LogP contribution in [0.2, 0.25) is 0 Å². The van der Waals surface area contributed by atoms with E-state index >= 15 is 0 Å². The fourth-order valence-corrected chi connectivity index (χ4v) is 1.23. The highest BCUT2D eigenvalue weighted by Gasteiger charge is 2.14. The monoisotopic (exact) mass is 278 g/mol. The topological polar surface area (TPSA) is 38.9 Å². The van der Waals surface area contributed by atoms with Crippen LogP contribution in [0.3, 0.4) is 0 Å². The molecule has 7 heteroatoms. The normalized spacial score (nSPS) is 10.7. The number of halogens is 4. The minimum atomic E-state index is -1.53. The van der Waals surface area contributed by atoms with E-state index in [1.807, 2.05) is 0 Å². The van der Waals surface area contributed by atoms with Gasteiger partial charge in [-0.2, -0.15) is 0 Å². The molecule has 1 aromatic carbocycles. The lowest BCUT2D eigenvalue weighted by molar-refractivity contribution is 0.446. The molecule has 0 aliphatic heterocycles. The SMILES string of the molecule is Fc1cc(-c2nnc(Br)o2)cc(F)c1F. The first-order valence-electron chi connectivity index (χ1n) is 3.72. The van der Waals surface area contributed by atoms with Gasteiger partial charge < -0.3 is 4.42 Å². The summed E-state index contributed by atoms with van der Waals surface area (Å²) in [6, 6.07) is 1.55. The lowest BCUT2D eigenvalue weighted by atomic mass is 10.2. The van der Waals surface area contributed by atoms with Crippen LogP contribution in [0, 0.1) is 17.5 Å². The van der Waals surface area contributed by atoms with Crippen molar-refractivity contribution in [2.24, 2.45) is 0 Å². The molecule has 0 radical (unpaired) electrons. The molecule has 0 saturated carbocycles. The predicted octanol–water partition coefficient (Wildman–Crippen LogP) is 2.92. The molecule has 3 nitrogen and oxygen atoms in total. The van der Waals surface area contributed by atoms with Gasteiger partial charge in [-0.25, -0.2) is 13.2 Å². The maximum absolute atomic E-state index is 12.8. The minimum Gasteiger partial charge on any atom is -0.411 e. The van der Waals surface area contributed by atoms with Gasteiger partial charge in [0.2, 0.25) is 5.89 Å². The van der Waals surface area contributed by atoms with Gasteiger partial charge in [0, 0.05) is 21.5 Å². The molecule has 0 aliphatic carbocycles. The summed E-state index contributed by atoms with van der Waals surface area (Å²) in [7, 11) is 0. The van der Waals surface area contributed by atoms with Gasteiger partial charge in [-0.3, -0.25) is 0 Å². The second-order valence-electron chi connectivity index (χ2n) is 2.61. The van der Waals surface area contributed by atoms with Crippen LogP contribution in [-0.4, -0.2) is 10.2 Å². The molecular formula is C8H2BrF3N2O. The number of rotatable bonds is 1. The Morgan fingerprint density at radius 3 is 2.13 bits per heavy atom. The van der Waals surface area contributed by atoms with Crippen LogP contribution in [-0.2, 0) is 0 Å². The Hall–Kier alpha value is -1.37. The van der Waals surface area contributed by atoms with Crippen molar-refractivity contribution in [3.63, 3.8) is 0 Å². The van der Waals surface area contributed by atoms with E-state index in [1.165, 1.54) is 0 Å². The summed E-state index contributed by atoms with van der Waals surface area (Å²) in [5.74, 6) is -4.24. The summed E-state index contributed by atoms with van der Waals surface area (Å²) in [6.07, 6.45) is 0. The molecule has 78 valence electrons. The molecule has 1 heterocycles. The maximum atomic E-state index is 12.8. The Kier molecular flexibility index (Phi) is 2.47.